The molecule has 48 heavy (non-hydrogen) atoms. The number of carbonyl (C=O) groups excluding carboxylic acids is 1. The summed E-state index contributed by atoms with van der Waals surface area (Å²) >= 11 is 0. The maximum Gasteiger partial charge on any atom is 0.416 e. The highest BCUT2D eigenvalue weighted by atomic mass is 19.4. The molecule has 1 saturated heterocycles. The molecule has 3 aromatic heterocycles. The number of fused-ring (bicyclic) bond motifs is 1. The Kier molecular flexibility index (Phi) is 9.48. The number of piperazine rings is 1. The van der Waals surface area contributed by atoms with Crippen LogP contribution in [0.2, 0.25) is 0 Å². The minimum Gasteiger partial charge on any atom is -0.337 e. The Labute approximate surface area is 277 Å². The van der Waals surface area contributed by atoms with Crippen LogP contribution in [0, 0.1) is 25.7 Å². The number of likely N-dealkylation sites (N-methyl/N-ethyl adjacent to an activating group) is 1. The minimum absolute atomic E-state index is 0.0797. The third kappa shape index (κ3) is 7.51. The van der Waals surface area contributed by atoms with Gasteiger partial charge in [0.15, 0.2) is 5.65 Å². The predicted octanol–water partition coefficient (Wildman–Crippen LogP) is 6.90. The Morgan fingerprint density at radius 1 is 0.917 bits per heavy atom. The fourth-order valence-corrected chi connectivity index (χ4v) is 5.67. The Morgan fingerprint density at radius 2 is 1.71 bits per heavy atom. The number of nitrogens with zero attached hydrogens (tertiary/aromatic N) is 5. The molecule has 5 aromatic rings. The third-order valence-electron chi connectivity index (χ3n) is 8.51. The SMILES string of the molecule is CCN1CCN(Cc2ccc(NC(=O)c3ccc(C)c(C#Cc4cnc5c(Nc6ccc(C)cn6)cccn45)c3)cc2C(F)(F)F)CC1. The van der Waals surface area contributed by atoms with E-state index in [0.717, 1.165) is 42.5 Å². The standard InChI is InChI=1S/C37H36F3N7O/c1-4-45-16-18-46(19-17-45)24-29-10-12-30(21-32(29)37(38,39)40)43-36(48)28-9-8-26(3)27(20-28)11-13-31-23-42-35-33(6-5-15-47(31)35)44-34-14-7-25(2)22-41-34/h5-10,12,14-15,20-23H,4,16-19,24H2,1-3H3,(H,41,44)(H,43,48). The summed E-state index contributed by atoms with van der Waals surface area (Å²) in [4.78, 5) is 26.5. The van der Waals surface area contributed by atoms with Crippen molar-refractivity contribution in [2.45, 2.75) is 33.5 Å². The summed E-state index contributed by atoms with van der Waals surface area (Å²) in [7, 11) is 0. The molecule has 1 amide bonds. The van der Waals surface area contributed by atoms with Crippen LogP contribution >= 0.6 is 0 Å². The number of pyridine rings is 2. The number of anilines is 3. The average molecular weight is 652 g/mol. The van der Waals surface area contributed by atoms with Crippen LogP contribution in [0.15, 0.2) is 79.3 Å². The van der Waals surface area contributed by atoms with Gasteiger partial charge in [-0.1, -0.05) is 31.0 Å². The second-order valence-corrected chi connectivity index (χ2v) is 11.9. The topological polar surface area (TPSA) is 77.8 Å². The number of aromatic nitrogens is 3. The molecule has 0 bridgehead atoms. The molecule has 246 valence electrons. The molecule has 0 aliphatic carbocycles. The van der Waals surface area contributed by atoms with Gasteiger partial charge in [-0.15, -0.1) is 0 Å². The van der Waals surface area contributed by atoms with Gasteiger partial charge in [-0.25, -0.2) is 9.97 Å². The highest BCUT2D eigenvalue weighted by Crippen LogP contribution is 2.35. The van der Waals surface area contributed by atoms with Gasteiger partial charge in [0.1, 0.15) is 11.5 Å². The fourth-order valence-electron chi connectivity index (χ4n) is 5.67. The van der Waals surface area contributed by atoms with E-state index in [1.165, 1.54) is 12.1 Å². The van der Waals surface area contributed by atoms with E-state index < -0.39 is 17.6 Å². The Balaban J connectivity index is 1.19. The van der Waals surface area contributed by atoms with Crippen LogP contribution in [-0.2, 0) is 12.7 Å². The third-order valence-corrected chi connectivity index (χ3v) is 8.51. The van der Waals surface area contributed by atoms with E-state index in [1.54, 1.807) is 30.6 Å². The lowest BCUT2D eigenvalue weighted by Crippen LogP contribution is -2.45. The molecule has 0 radical (unpaired) electrons. The number of rotatable bonds is 7. The van der Waals surface area contributed by atoms with Gasteiger partial charge in [0, 0.05) is 61.9 Å². The highest BCUT2D eigenvalue weighted by Gasteiger charge is 2.34. The quantitative estimate of drug-likeness (QED) is 0.187. The van der Waals surface area contributed by atoms with Crippen molar-refractivity contribution in [1.29, 1.82) is 0 Å². The number of alkyl halides is 3. The molecule has 6 rings (SSSR count). The smallest absolute Gasteiger partial charge is 0.337 e. The van der Waals surface area contributed by atoms with Gasteiger partial charge in [0.2, 0.25) is 0 Å². The van der Waals surface area contributed by atoms with Crippen molar-refractivity contribution in [2.24, 2.45) is 0 Å². The van der Waals surface area contributed by atoms with Crippen molar-refractivity contribution < 1.29 is 18.0 Å². The summed E-state index contributed by atoms with van der Waals surface area (Å²) in [5.74, 6) is 6.47. The Morgan fingerprint density at radius 3 is 2.44 bits per heavy atom. The highest BCUT2D eigenvalue weighted by molar-refractivity contribution is 6.04. The molecule has 0 spiro atoms. The molecule has 11 heteroatoms. The second kappa shape index (κ2) is 13.9. The van der Waals surface area contributed by atoms with Crippen LogP contribution < -0.4 is 10.6 Å². The Hall–Kier alpha value is -5.18. The van der Waals surface area contributed by atoms with E-state index >= 15 is 0 Å². The number of nitrogens with one attached hydrogen (secondary N) is 2. The Bertz CT molecular complexity index is 2000. The summed E-state index contributed by atoms with van der Waals surface area (Å²) in [5.41, 5.74) is 4.44. The monoisotopic (exact) mass is 651 g/mol. The van der Waals surface area contributed by atoms with Crippen molar-refractivity contribution in [2.75, 3.05) is 43.4 Å². The normalized spacial score (nSPS) is 14.0. The van der Waals surface area contributed by atoms with Crippen LogP contribution in [0.3, 0.4) is 0 Å². The van der Waals surface area contributed by atoms with E-state index in [-0.39, 0.29) is 23.4 Å². The molecule has 1 aliphatic rings. The van der Waals surface area contributed by atoms with Crippen molar-refractivity contribution in [3.63, 3.8) is 0 Å². The number of hydrogen-bond donors (Lipinski definition) is 2. The van der Waals surface area contributed by atoms with Gasteiger partial charge >= 0.3 is 6.18 Å². The number of benzene rings is 2. The van der Waals surface area contributed by atoms with Crippen LogP contribution in [0.25, 0.3) is 5.65 Å². The molecule has 0 atom stereocenters. The van der Waals surface area contributed by atoms with E-state index in [0.29, 0.717) is 35.8 Å². The molecular formula is C37H36F3N7O. The van der Waals surface area contributed by atoms with Gasteiger partial charge in [0.25, 0.3) is 5.91 Å². The second-order valence-electron chi connectivity index (χ2n) is 11.9. The number of imidazole rings is 1. The maximum absolute atomic E-state index is 14.1. The van der Waals surface area contributed by atoms with Gasteiger partial charge in [-0.2, -0.15) is 13.2 Å². The lowest BCUT2D eigenvalue weighted by Gasteiger charge is -2.34. The van der Waals surface area contributed by atoms with Gasteiger partial charge in [0.05, 0.1) is 17.4 Å². The predicted molar refractivity (Wildman–Crippen MR) is 181 cm³/mol. The summed E-state index contributed by atoms with van der Waals surface area (Å²) in [6.45, 7) is 10.2. The van der Waals surface area contributed by atoms with Gasteiger partial charge in [-0.3, -0.25) is 14.1 Å². The first kappa shape index (κ1) is 32.7. The largest absolute Gasteiger partial charge is 0.416 e. The van der Waals surface area contributed by atoms with Crippen molar-refractivity contribution in [1.82, 2.24) is 24.2 Å². The zero-order valence-corrected chi connectivity index (χ0v) is 27.0. The molecule has 1 aliphatic heterocycles. The molecule has 2 aromatic carbocycles. The van der Waals surface area contributed by atoms with Crippen LogP contribution in [0.4, 0.5) is 30.4 Å². The fraction of sp³-hybridized carbons (Fsp3) is 0.270. The lowest BCUT2D eigenvalue weighted by atomic mass is 10.0. The van der Waals surface area contributed by atoms with Gasteiger partial charge < -0.3 is 15.5 Å². The van der Waals surface area contributed by atoms with Crippen LogP contribution in [0.1, 0.15) is 50.8 Å². The van der Waals surface area contributed by atoms with E-state index in [2.05, 4.69) is 44.3 Å². The van der Waals surface area contributed by atoms with E-state index in [1.807, 2.05) is 53.6 Å². The first-order valence-corrected chi connectivity index (χ1v) is 15.8. The first-order chi connectivity index (χ1) is 23.1. The molecule has 0 unspecified atom stereocenters. The lowest BCUT2D eigenvalue weighted by molar-refractivity contribution is -0.138. The maximum atomic E-state index is 14.1. The summed E-state index contributed by atoms with van der Waals surface area (Å²) in [6, 6.07) is 16.7. The molecule has 1 fully saturated rings. The first-order valence-electron chi connectivity index (χ1n) is 15.8. The zero-order chi connectivity index (χ0) is 33.8. The van der Waals surface area contributed by atoms with Crippen LogP contribution in [-0.4, -0.2) is 62.8 Å². The van der Waals surface area contributed by atoms with Crippen molar-refractivity contribution >= 4 is 28.7 Å². The number of halogens is 3. The van der Waals surface area contributed by atoms with E-state index in [4.69, 9.17) is 0 Å². The number of hydrogen-bond acceptors (Lipinski definition) is 6. The van der Waals surface area contributed by atoms with Crippen molar-refractivity contribution in [3.05, 3.63) is 118 Å². The average Bonchev–Trinajstić information content (AvgIpc) is 3.50. The molecular weight excluding hydrogens is 615 g/mol. The zero-order valence-electron chi connectivity index (χ0n) is 27.0. The van der Waals surface area contributed by atoms with Crippen molar-refractivity contribution in [3.8, 4) is 11.8 Å². The molecule has 4 heterocycles. The number of amides is 1. The summed E-state index contributed by atoms with van der Waals surface area (Å²) in [6.07, 6.45) is 0.771. The van der Waals surface area contributed by atoms with Crippen LogP contribution in [0.5, 0.6) is 0 Å². The summed E-state index contributed by atoms with van der Waals surface area (Å²) < 4.78 is 44.2. The molecule has 8 nitrogen and oxygen atoms in total. The molecule has 2 N–H and O–H groups in total. The minimum atomic E-state index is -4.56. The number of carbonyl (C=O) groups is 1. The van der Waals surface area contributed by atoms with E-state index in [9.17, 15) is 18.0 Å². The van der Waals surface area contributed by atoms with Gasteiger partial charge in [-0.05, 0) is 85.5 Å². The summed E-state index contributed by atoms with van der Waals surface area (Å²) in [5, 5.41) is 5.94. The molecule has 0 saturated carbocycles. The number of aryl methyl sites for hydroxylation is 2.